The lowest BCUT2D eigenvalue weighted by Gasteiger charge is -2.18. The van der Waals surface area contributed by atoms with Crippen molar-refractivity contribution >= 4 is 11.5 Å². The van der Waals surface area contributed by atoms with Gasteiger partial charge in [-0.2, -0.15) is 0 Å². The Kier molecular flexibility index (Phi) is 3.22. The zero-order valence-electron chi connectivity index (χ0n) is 8.82. The Morgan fingerprint density at radius 3 is 3.13 bits per heavy atom. The third kappa shape index (κ3) is 2.72. The SMILES string of the molecule is Nc1cccnc1NCC1CC=CCC1. The van der Waals surface area contributed by atoms with Crippen molar-refractivity contribution in [1.82, 2.24) is 4.98 Å². The van der Waals surface area contributed by atoms with Crippen molar-refractivity contribution in [3.8, 4) is 0 Å². The standard InChI is InChI=1S/C12H17N3/c13-11-7-4-8-14-12(11)15-9-10-5-2-1-3-6-10/h1-2,4,7-8,10H,3,5-6,9,13H2,(H,14,15). The zero-order chi connectivity index (χ0) is 10.5. The molecule has 3 N–H and O–H groups in total. The van der Waals surface area contributed by atoms with Crippen LogP contribution in [0.2, 0.25) is 0 Å². The zero-order valence-corrected chi connectivity index (χ0v) is 8.82. The second-order valence-corrected chi connectivity index (χ2v) is 3.97. The van der Waals surface area contributed by atoms with Gasteiger partial charge in [-0.15, -0.1) is 0 Å². The quantitative estimate of drug-likeness (QED) is 0.742. The highest BCUT2D eigenvalue weighted by Crippen LogP contribution is 2.20. The minimum Gasteiger partial charge on any atom is -0.396 e. The number of hydrogen-bond donors (Lipinski definition) is 2. The number of hydrogen-bond acceptors (Lipinski definition) is 3. The molecule has 3 nitrogen and oxygen atoms in total. The highest BCUT2D eigenvalue weighted by molar-refractivity contribution is 5.60. The van der Waals surface area contributed by atoms with Crippen molar-refractivity contribution < 1.29 is 0 Å². The first-order valence-corrected chi connectivity index (χ1v) is 5.45. The first-order valence-electron chi connectivity index (χ1n) is 5.45. The average Bonchev–Trinajstić information content (AvgIpc) is 2.29. The molecule has 1 aromatic rings. The predicted molar refractivity (Wildman–Crippen MR) is 63.6 cm³/mol. The summed E-state index contributed by atoms with van der Waals surface area (Å²) < 4.78 is 0. The Morgan fingerprint density at radius 1 is 1.47 bits per heavy atom. The van der Waals surface area contributed by atoms with Crippen LogP contribution >= 0.6 is 0 Å². The third-order valence-electron chi connectivity index (χ3n) is 2.77. The molecule has 3 heteroatoms. The fourth-order valence-electron chi connectivity index (χ4n) is 1.85. The van der Waals surface area contributed by atoms with Crippen molar-refractivity contribution in [2.75, 3.05) is 17.6 Å². The lowest BCUT2D eigenvalue weighted by atomic mass is 9.94. The summed E-state index contributed by atoms with van der Waals surface area (Å²) in [7, 11) is 0. The van der Waals surface area contributed by atoms with E-state index in [0.29, 0.717) is 0 Å². The average molecular weight is 203 g/mol. The van der Waals surface area contributed by atoms with Gasteiger partial charge in [-0.05, 0) is 37.3 Å². The molecule has 0 amide bonds. The molecule has 15 heavy (non-hydrogen) atoms. The van der Waals surface area contributed by atoms with Crippen molar-refractivity contribution in [1.29, 1.82) is 0 Å². The molecular weight excluding hydrogens is 186 g/mol. The Bertz CT molecular complexity index is 346. The molecule has 1 atom stereocenters. The molecule has 0 spiro atoms. The summed E-state index contributed by atoms with van der Waals surface area (Å²) in [5.41, 5.74) is 6.52. The highest BCUT2D eigenvalue weighted by atomic mass is 15.0. The van der Waals surface area contributed by atoms with Crippen molar-refractivity contribution in [2.45, 2.75) is 19.3 Å². The summed E-state index contributed by atoms with van der Waals surface area (Å²) in [5, 5.41) is 3.31. The second-order valence-electron chi connectivity index (χ2n) is 3.97. The number of nitrogens with one attached hydrogen (secondary N) is 1. The summed E-state index contributed by atoms with van der Waals surface area (Å²) >= 11 is 0. The van der Waals surface area contributed by atoms with Crippen molar-refractivity contribution in [3.63, 3.8) is 0 Å². The number of rotatable bonds is 3. The second kappa shape index (κ2) is 4.82. The maximum absolute atomic E-state index is 5.80. The Labute approximate surface area is 90.4 Å². The maximum atomic E-state index is 5.80. The van der Waals surface area contributed by atoms with Gasteiger partial charge in [0.1, 0.15) is 5.82 Å². The maximum Gasteiger partial charge on any atom is 0.149 e. The molecule has 0 radical (unpaired) electrons. The van der Waals surface area contributed by atoms with E-state index in [0.717, 1.165) is 24.0 Å². The lowest BCUT2D eigenvalue weighted by molar-refractivity contribution is 0.504. The fraction of sp³-hybridized carbons (Fsp3) is 0.417. The molecule has 1 aliphatic rings. The molecule has 1 heterocycles. The molecule has 0 saturated carbocycles. The molecule has 1 unspecified atom stereocenters. The third-order valence-corrected chi connectivity index (χ3v) is 2.77. The van der Waals surface area contributed by atoms with Gasteiger partial charge < -0.3 is 11.1 Å². The number of aromatic nitrogens is 1. The minimum atomic E-state index is 0.719. The van der Waals surface area contributed by atoms with Crippen LogP contribution in [0.15, 0.2) is 30.5 Å². The molecule has 0 aromatic carbocycles. The Hall–Kier alpha value is -1.51. The highest BCUT2D eigenvalue weighted by Gasteiger charge is 2.10. The van der Waals surface area contributed by atoms with Gasteiger partial charge in [-0.25, -0.2) is 4.98 Å². The smallest absolute Gasteiger partial charge is 0.149 e. The van der Waals surface area contributed by atoms with Crippen LogP contribution in [-0.2, 0) is 0 Å². The van der Waals surface area contributed by atoms with E-state index in [1.54, 1.807) is 6.20 Å². The van der Waals surface area contributed by atoms with E-state index in [1.165, 1.54) is 19.3 Å². The monoisotopic (exact) mass is 203 g/mol. The van der Waals surface area contributed by atoms with E-state index in [2.05, 4.69) is 22.5 Å². The van der Waals surface area contributed by atoms with E-state index < -0.39 is 0 Å². The van der Waals surface area contributed by atoms with E-state index in [-0.39, 0.29) is 0 Å². The molecule has 80 valence electrons. The van der Waals surface area contributed by atoms with Gasteiger partial charge >= 0.3 is 0 Å². The molecule has 0 fully saturated rings. The van der Waals surface area contributed by atoms with Crippen molar-refractivity contribution in [3.05, 3.63) is 30.5 Å². The topological polar surface area (TPSA) is 50.9 Å². The van der Waals surface area contributed by atoms with E-state index >= 15 is 0 Å². The number of pyridine rings is 1. The minimum absolute atomic E-state index is 0.719. The fourth-order valence-corrected chi connectivity index (χ4v) is 1.85. The van der Waals surface area contributed by atoms with E-state index in [4.69, 9.17) is 5.73 Å². The largest absolute Gasteiger partial charge is 0.396 e. The summed E-state index contributed by atoms with van der Waals surface area (Å²) in [6.45, 7) is 0.964. The summed E-state index contributed by atoms with van der Waals surface area (Å²) in [4.78, 5) is 4.21. The van der Waals surface area contributed by atoms with Crippen LogP contribution in [0.25, 0.3) is 0 Å². The number of allylic oxidation sites excluding steroid dienone is 2. The summed E-state index contributed by atoms with van der Waals surface area (Å²) in [6.07, 6.45) is 9.91. The van der Waals surface area contributed by atoms with Gasteiger partial charge in [0.25, 0.3) is 0 Å². The van der Waals surface area contributed by atoms with Gasteiger partial charge in [0.05, 0.1) is 5.69 Å². The molecule has 2 rings (SSSR count). The molecular formula is C12H17N3. The first kappa shape index (κ1) is 10.0. The van der Waals surface area contributed by atoms with Crippen LogP contribution < -0.4 is 11.1 Å². The van der Waals surface area contributed by atoms with Crippen LogP contribution in [0.3, 0.4) is 0 Å². The van der Waals surface area contributed by atoms with Crippen molar-refractivity contribution in [2.24, 2.45) is 5.92 Å². The summed E-state index contributed by atoms with van der Waals surface area (Å²) in [5.74, 6) is 1.53. The van der Waals surface area contributed by atoms with E-state index in [9.17, 15) is 0 Å². The van der Waals surface area contributed by atoms with Gasteiger partial charge in [0.2, 0.25) is 0 Å². The number of nitrogens with two attached hydrogens (primary N) is 1. The van der Waals surface area contributed by atoms with Crippen LogP contribution in [0.5, 0.6) is 0 Å². The molecule has 1 aromatic heterocycles. The first-order chi connectivity index (χ1) is 7.36. The lowest BCUT2D eigenvalue weighted by Crippen LogP contribution is -2.16. The normalized spacial score (nSPS) is 20.1. The number of nitrogens with zero attached hydrogens (tertiary/aromatic N) is 1. The predicted octanol–water partition coefficient (Wildman–Crippen LogP) is 2.43. The van der Waals surface area contributed by atoms with Crippen LogP contribution in [-0.4, -0.2) is 11.5 Å². The number of anilines is 2. The summed E-state index contributed by atoms with van der Waals surface area (Å²) in [6, 6.07) is 3.72. The molecule has 0 aliphatic heterocycles. The van der Waals surface area contributed by atoms with Gasteiger partial charge in [0, 0.05) is 12.7 Å². The Balaban J connectivity index is 1.87. The van der Waals surface area contributed by atoms with E-state index in [1.807, 2.05) is 12.1 Å². The van der Waals surface area contributed by atoms with Crippen LogP contribution in [0.1, 0.15) is 19.3 Å². The van der Waals surface area contributed by atoms with Gasteiger partial charge in [-0.1, -0.05) is 12.2 Å². The van der Waals surface area contributed by atoms with Crippen LogP contribution in [0, 0.1) is 5.92 Å². The van der Waals surface area contributed by atoms with Crippen LogP contribution in [0.4, 0.5) is 11.5 Å². The molecule has 0 bridgehead atoms. The molecule has 1 aliphatic carbocycles. The van der Waals surface area contributed by atoms with Gasteiger partial charge in [0.15, 0.2) is 0 Å². The van der Waals surface area contributed by atoms with Gasteiger partial charge in [-0.3, -0.25) is 0 Å². The molecule has 0 saturated heterocycles. The number of nitrogen functional groups attached to an aromatic ring is 1. The Morgan fingerprint density at radius 2 is 2.40 bits per heavy atom.